The van der Waals surface area contributed by atoms with Crippen molar-refractivity contribution >= 4 is 122 Å². The standard InChI is InChI=1S/C74H105IN18O16S/c75-53-16-12-51(13-17-53)7-5-11-67(98)82-24-3-2-10-61(73(104)105)88-72(103)60(9-1-4-25-84-74(110)86-54-18-14-52(15-19-54)41-56-45-91(48-65(79)96)32-31-89(46-63(77)94)29-30-90(47-64(78)95)33-34-92(56)49-66(80)97)87-68(99)23-35-106-37-39-108-40-38-107-36-27-83-69(100)50-109-57-20-21-58-59(22-26-81-62(58)42-57)71(102)85-44-70(101)93-28-6-8-55(93)43-76/h12-22,26,42,55-56,60-61H,1-11,23-25,27-41,44-50H2,(H2,77,94)(H2,78,95)(H2,79,96)(H2,80,97)(H,82,98)(H,83,100)(H,85,102)(H,87,99)(H,88,103)(H,104,105)(H2,84,86,110)/t55-,56?,60+,61+/m1/s1. The highest BCUT2D eigenvalue weighted by Crippen LogP contribution is 2.24. The van der Waals surface area contributed by atoms with Crippen LogP contribution < -0.4 is 64.9 Å². The molecule has 4 atom stereocenters. The number of amides is 10. The molecule has 0 radical (unpaired) electrons. The number of carbonyl (C=O) groups is 11. The molecule has 110 heavy (non-hydrogen) atoms. The van der Waals surface area contributed by atoms with Gasteiger partial charge in [-0.15, -0.1) is 0 Å². The third-order valence-corrected chi connectivity index (χ3v) is 19.0. The fourth-order valence-electron chi connectivity index (χ4n) is 12.4. The monoisotopic (exact) mass is 1660 g/mol. The summed E-state index contributed by atoms with van der Waals surface area (Å²) in [5, 5.41) is 40.2. The largest absolute Gasteiger partial charge is 0.484 e. The first-order valence-corrected chi connectivity index (χ1v) is 38.4. The minimum Gasteiger partial charge on any atom is -0.484 e. The molecule has 0 saturated carbocycles. The normalized spacial score (nSPS) is 15.8. The van der Waals surface area contributed by atoms with Crippen LogP contribution in [-0.4, -0.2) is 280 Å². The van der Waals surface area contributed by atoms with E-state index in [1.54, 1.807) is 18.2 Å². The SMILES string of the molecule is N#C[C@H]1CCCN1C(=O)CNC(=O)c1ccnc2cc(OCC(=O)NCCOCCOCCOCCC(=O)N[C@@H](CCCCNC(=S)Nc3ccc(CC4CN(CC(N)=O)CCN(CC(N)=O)CCN(CC(N)=O)CCN4CC(N)=O)cc3)C(=O)N[C@@H](CCCCNC(=O)CCCc3ccc(I)cc3)C(=O)O)ccc12. The molecule has 34 nitrogen and oxygen atoms in total. The number of hydrogen-bond acceptors (Lipinski definition) is 22. The van der Waals surface area contributed by atoms with Gasteiger partial charge in [-0.05, 0) is 159 Å². The minimum absolute atomic E-state index is 0.0116. The molecular weight excluding hydrogens is 1560 g/mol. The third-order valence-electron chi connectivity index (χ3n) is 18.1. The van der Waals surface area contributed by atoms with Crippen molar-refractivity contribution in [1.82, 2.24) is 61.4 Å². The van der Waals surface area contributed by atoms with Crippen molar-refractivity contribution in [1.29, 1.82) is 5.26 Å². The van der Waals surface area contributed by atoms with Crippen LogP contribution in [0.3, 0.4) is 0 Å². The molecule has 10 amide bonds. The molecule has 0 aliphatic carbocycles. The van der Waals surface area contributed by atoms with Crippen molar-refractivity contribution in [3.05, 3.63) is 99.3 Å². The van der Waals surface area contributed by atoms with E-state index in [0.29, 0.717) is 143 Å². The molecular formula is C74H105IN18O16S. The van der Waals surface area contributed by atoms with Gasteiger partial charge in [-0.2, -0.15) is 5.26 Å². The number of carboxylic acid groups (broad SMARTS) is 1. The van der Waals surface area contributed by atoms with Crippen LogP contribution in [0.2, 0.25) is 0 Å². The lowest BCUT2D eigenvalue weighted by Crippen LogP contribution is -2.54. The maximum Gasteiger partial charge on any atom is 0.326 e. The number of nitriles is 1. The molecule has 36 heteroatoms. The van der Waals surface area contributed by atoms with E-state index in [9.17, 15) is 63.1 Å². The van der Waals surface area contributed by atoms with Crippen molar-refractivity contribution in [3.63, 3.8) is 0 Å². The quantitative estimate of drug-likeness (QED) is 0.0152. The lowest BCUT2D eigenvalue weighted by molar-refractivity contribution is -0.142. The number of anilines is 1. The van der Waals surface area contributed by atoms with E-state index in [2.05, 4.69) is 70.9 Å². The van der Waals surface area contributed by atoms with Crippen molar-refractivity contribution in [2.24, 2.45) is 22.9 Å². The number of hydrogen-bond donors (Lipinski definition) is 12. The number of carboxylic acids is 1. The Morgan fingerprint density at radius 2 is 1.22 bits per heavy atom. The van der Waals surface area contributed by atoms with Crippen LogP contribution in [-0.2, 0) is 75.0 Å². The van der Waals surface area contributed by atoms with E-state index >= 15 is 0 Å². The van der Waals surface area contributed by atoms with Gasteiger partial charge in [0.2, 0.25) is 47.3 Å². The highest BCUT2D eigenvalue weighted by molar-refractivity contribution is 14.1. The number of aryl methyl sites for hydroxylation is 1. The number of pyridine rings is 1. The molecule has 2 aliphatic heterocycles. The number of aliphatic carboxylic acids is 1. The number of nitrogens with two attached hydrogens (primary N) is 4. The van der Waals surface area contributed by atoms with Crippen LogP contribution >= 0.6 is 34.8 Å². The van der Waals surface area contributed by atoms with Gasteiger partial charge in [-0.1, -0.05) is 24.3 Å². The topological polar surface area (TPSA) is 486 Å². The zero-order valence-corrected chi connectivity index (χ0v) is 65.0. The fourth-order valence-corrected chi connectivity index (χ4v) is 13.0. The Balaban J connectivity index is 0.918. The summed E-state index contributed by atoms with van der Waals surface area (Å²) in [6, 6.07) is 20.8. The van der Waals surface area contributed by atoms with E-state index in [0.717, 1.165) is 27.5 Å². The van der Waals surface area contributed by atoms with Crippen molar-refractivity contribution in [2.75, 3.05) is 156 Å². The van der Waals surface area contributed by atoms with E-state index < -0.39 is 71.4 Å². The first kappa shape index (κ1) is 89.6. The molecule has 6 rings (SSSR count). The number of primary amides is 4. The number of benzene rings is 3. The van der Waals surface area contributed by atoms with Crippen LogP contribution in [0.4, 0.5) is 5.69 Å². The molecule has 0 spiro atoms. The predicted molar refractivity (Wildman–Crippen MR) is 420 cm³/mol. The summed E-state index contributed by atoms with van der Waals surface area (Å²) >= 11 is 7.88. The molecule has 4 aromatic rings. The Kier molecular flexibility index (Phi) is 40.5. The summed E-state index contributed by atoms with van der Waals surface area (Å²) < 4.78 is 23.6. The second kappa shape index (κ2) is 49.7. The number of nitrogens with one attached hydrogen (secondary N) is 7. The number of nitrogens with zero attached hydrogens (tertiary/aromatic N) is 7. The number of likely N-dealkylation sites (tertiary alicyclic amines) is 1. The number of rotatable bonds is 47. The molecule has 0 bridgehead atoms. The average Bonchev–Trinajstić information content (AvgIpc) is 0.822. The third kappa shape index (κ3) is 35.1. The number of fused-ring (bicyclic) bond motifs is 1. The van der Waals surface area contributed by atoms with E-state index in [4.69, 9.17) is 54.1 Å². The number of unbranched alkanes of at least 4 members (excludes halogenated alkanes) is 2. The first-order chi connectivity index (χ1) is 52.9. The molecule has 16 N–H and O–H groups in total. The number of aromatic nitrogens is 1. The Morgan fingerprint density at radius 3 is 1.87 bits per heavy atom. The van der Waals surface area contributed by atoms with E-state index in [1.165, 1.54) is 17.2 Å². The summed E-state index contributed by atoms with van der Waals surface area (Å²) in [6.07, 6.45) is 6.83. The Bertz CT molecular complexity index is 3730. The van der Waals surface area contributed by atoms with Gasteiger partial charge in [0.05, 0.1) is 89.5 Å². The zero-order valence-electron chi connectivity index (χ0n) is 62.1. The van der Waals surface area contributed by atoms with Gasteiger partial charge >= 0.3 is 5.97 Å². The van der Waals surface area contributed by atoms with Gasteiger partial charge < -0.3 is 89.1 Å². The molecule has 3 heterocycles. The van der Waals surface area contributed by atoms with Crippen LogP contribution in [0.5, 0.6) is 5.75 Å². The smallest absolute Gasteiger partial charge is 0.326 e. The highest BCUT2D eigenvalue weighted by Gasteiger charge is 2.31. The number of carbonyl (C=O) groups excluding carboxylic acids is 10. The lowest BCUT2D eigenvalue weighted by atomic mass is 10.0. The number of thiocarbonyl (C=S) groups is 1. The number of ether oxygens (including phenoxy) is 4. The van der Waals surface area contributed by atoms with Crippen LogP contribution in [0, 0.1) is 14.9 Å². The zero-order chi connectivity index (χ0) is 79.6. The molecule has 2 aliphatic rings. The summed E-state index contributed by atoms with van der Waals surface area (Å²) in [7, 11) is 0. The molecule has 1 unspecified atom stereocenters. The fraction of sp³-hybridized carbons (Fsp3) is 0.541. The van der Waals surface area contributed by atoms with Gasteiger partial charge in [-0.3, -0.25) is 72.5 Å². The Morgan fingerprint density at radius 1 is 0.618 bits per heavy atom. The average molecular weight is 1660 g/mol. The molecule has 1 aromatic heterocycles. The Hall–Kier alpha value is -9.33. The second-order valence-corrected chi connectivity index (χ2v) is 28.4. The predicted octanol–water partition coefficient (Wildman–Crippen LogP) is -0.387. The maximum atomic E-state index is 13.9. The number of halogens is 1. The highest BCUT2D eigenvalue weighted by atomic mass is 127. The molecule has 600 valence electrons. The summed E-state index contributed by atoms with van der Waals surface area (Å²) in [5.41, 5.74) is 26.1. The van der Waals surface area contributed by atoms with Crippen LogP contribution in [0.25, 0.3) is 10.9 Å². The molecule has 2 saturated heterocycles. The van der Waals surface area contributed by atoms with Crippen LogP contribution in [0.15, 0.2) is 79.0 Å². The molecule has 3 aromatic carbocycles. The first-order valence-electron chi connectivity index (χ1n) is 36.9. The minimum atomic E-state index is -1.27. The van der Waals surface area contributed by atoms with Gasteiger partial charge in [0.25, 0.3) is 11.8 Å². The Labute approximate surface area is 659 Å². The van der Waals surface area contributed by atoms with E-state index in [1.807, 2.05) is 68.1 Å². The van der Waals surface area contributed by atoms with Gasteiger partial charge in [-0.25, -0.2) is 4.79 Å². The van der Waals surface area contributed by atoms with Crippen molar-refractivity contribution < 1.29 is 76.8 Å². The van der Waals surface area contributed by atoms with E-state index in [-0.39, 0.29) is 129 Å². The maximum absolute atomic E-state index is 13.9. The lowest BCUT2D eigenvalue weighted by Gasteiger charge is -2.38. The summed E-state index contributed by atoms with van der Waals surface area (Å²) in [5.74, 6) is -5.61. The van der Waals surface area contributed by atoms with Gasteiger partial charge in [0.1, 0.15) is 23.9 Å². The second-order valence-electron chi connectivity index (χ2n) is 26.7. The molecule has 2 fully saturated rings. The van der Waals surface area contributed by atoms with Crippen molar-refractivity contribution in [3.8, 4) is 11.8 Å². The summed E-state index contributed by atoms with van der Waals surface area (Å²) in [4.78, 5) is 153. The van der Waals surface area contributed by atoms with Crippen molar-refractivity contribution in [2.45, 2.75) is 108 Å². The van der Waals surface area contributed by atoms with Crippen LogP contribution in [0.1, 0.15) is 92.1 Å². The van der Waals surface area contributed by atoms with Gasteiger partial charge in [0, 0.05) is 118 Å². The summed E-state index contributed by atoms with van der Waals surface area (Å²) in [6.45, 7) is 3.78. The van der Waals surface area contributed by atoms with Gasteiger partial charge in [0.15, 0.2) is 11.7 Å².